The van der Waals surface area contributed by atoms with Crippen LogP contribution in [0.1, 0.15) is 0 Å². The van der Waals surface area contributed by atoms with Crippen molar-refractivity contribution in [2.45, 2.75) is 0 Å². The second kappa shape index (κ2) is 15.8. The third-order valence-electron chi connectivity index (χ3n) is 14.4. The Labute approximate surface area is 399 Å². The summed E-state index contributed by atoms with van der Waals surface area (Å²) in [7, 11) is 0. The van der Waals surface area contributed by atoms with Crippen molar-refractivity contribution in [3.05, 3.63) is 255 Å². The third-order valence-corrected chi connectivity index (χ3v) is 14.4. The molecular formula is C68H42O. The van der Waals surface area contributed by atoms with Gasteiger partial charge >= 0.3 is 0 Å². The van der Waals surface area contributed by atoms with Crippen LogP contribution in [0.25, 0.3) is 143 Å². The molecule has 1 heterocycles. The van der Waals surface area contributed by atoms with Crippen LogP contribution in [-0.4, -0.2) is 0 Å². The Morgan fingerprint density at radius 1 is 0.174 bits per heavy atom. The highest BCUT2D eigenvalue weighted by Crippen LogP contribution is 2.48. The van der Waals surface area contributed by atoms with Gasteiger partial charge in [0.05, 0.1) is 0 Å². The van der Waals surface area contributed by atoms with Gasteiger partial charge in [-0.1, -0.05) is 212 Å². The summed E-state index contributed by atoms with van der Waals surface area (Å²) < 4.78 is 6.53. The molecule has 0 saturated heterocycles. The fourth-order valence-corrected chi connectivity index (χ4v) is 11.3. The first-order valence-electron chi connectivity index (χ1n) is 23.8. The van der Waals surface area contributed by atoms with E-state index in [4.69, 9.17) is 4.42 Å². The third kappa shape index (κ3) is 6.39. The Bertz CT molecular complexity index is 4330. The van der Waals surface area contributed by atoms with E-state index in [1.54, 1.807) is 0 Å². The van der Waals surface area contributed by atoms with Crippen molar-refractivity contribution in [2.75, 3.05) is 0 Å². The topological polar surface area (TPSA) is 13.1 Å². The molecule has 0 radical (unpaired) electrons. The molecule has 14 aromatic rings. The monoisotopic (exact) mass is 874 g/mol. The molecule has 69 heavy (non-hydrogen) atoms. The van der Waals surface area contributed by atoms with Gasteiger partial charge in [-0.15, -0.1) is 0 Å². The first-order valence-corrected chi connectivity index (χ1v) is 23.8. The van der Waals surface area contributed by atoms with E-state index in [1.807, 2.05) is 0 Å². The molecule has 14 rings (SSSR count). The summed E-state index contributed by atoms with van der Waals surface area (Å²) in [4.78, 5) is 0. The lowest BCUT2D eigenvalue weighted by molar-refractivity contribution is 0.669. The highest BCUT2D eigenvalue weighted by molar-refractivity contribution is 6.24. The molecule has 0 N–H and O–H groups in total. The van der Waals surface area contributed by atoms with E-state index in [1.165, 1.54) is 115 Å². The second-order valence-electron chi connectivity index (χ2n) is 18.3. The number of furan rings is 1. The molecule has 0 aliphatic rings. The van der Waals surface area contributed by atoms with Crippen LogP contribution in [0.3, 0.4) is 0 Å². The molecule has 0 bridgehead atoms. The first kappa shape index (κ1) is 39.2. The molecule has 0 unspecified atom stereocenters. The van der Waals surface area contributed by atoms with Crippen molar-refractivity contribution < 1.29 is 4.42 Å². The molecule has 1 aromatic heterocycles. The first-order chi connectivity index (χ1) is 34.2. The van der Waals surface area contributed by atoms with Crippen LogP contribution >= 0.6 is 0 Å². The second-order valence-corrected chi connectivity index (χ2v) is 18.3. The molecule has 13 aromatic carbocycles. The minimum atomic E-state index is 0.894. The quantitative estimate of drug-likeness (QED) is 0.152. The van der Waals surface area contributed by atoms with Gasteiger partial charge < -0.3 is 4.42 Å². The zero-order valence-corrected chi connectivity index (χ0v) is 37.7. The number of fused-ring (bicyclic) bond motifs is 8. The molecule has 0 atom stereocenters. The molecule has 0 aliphatic carbocycles. The van der Waals surface area contributed by atoms with Gasteiger partial charge in [0.25, 0.3) is 0 Å². The fraction of sp³-hybridized carbons (Fsp3) is 0. The Hall–Kier alpha value is -9.04. The van der Waals surface area contributed by atoms with Gasteiger partial charge in [0.1, 0.15) is 11.2 Å². The molecule has 0 saturated carbocycles. The van der Waals surface area contributed by atoms with Crippen LogP contribution in [-0.2, 0) is 0 Å². The van der Waals surface area contributed by atoms with Crippen LogP contribution < -0.4 is 0 Å². The predicted octanol–water partition coefficient (Wildman–Crippen LogP) is 19.4. The smallest absolute Gasteiger partial charge is 0.136 e. The zero-order chi connectivity index (χ0) is 45.4. The maximum Gasteiger partial charge on any atom is 0.136 e. The number of rotatable bonds is 6. The Morgan fingerprint density at radius 2 is 0.522 bits per heavy atom. The average Bonchev–Trinajstić information content (AvgIpc) is 3.77. The molecule has 1 heteroatoms. The van der Waals surface area contributed by atoms with Gasteiger partial charge in [-0.25, -0.2) is 0 Å². The highest BCUT2D eigenvalue weighted by atomic mass is 16.3. The average molecular weight is 875 g/mol. The maximum atomic E-state index is 6.53. The lowest BCUT2D eigenvalue weighted by Gasteiger charge is -2.19. The summed E-state index contributed by atoms with van der Waals surface area (Å²) in [5, 5.41) is 14.5. The van der Waals surface area contributed by atoms with Gasteiger partial charge in [0.15, 0.2) is 0 Å². The van der Waals surface area contributed by atoms with Crippen molar-refractivity contribution in [2.24, 2.45) is 0 Å². The molecule has 1 nitrogen and oxygen atoms in total. The van der Waals surface area contributed by atoms with E-state index in [9.17, 15) is 0 Å². The van der Waals surface area contributed by atoms with Gasteiger partial charge in [-0.3, -0.25) is 0 Å². The summed E-state index contributed by atoms with van der Waals surface area (Å²) in [6.45, 7) is 0. The summed E-state index contributed by atoms with van der Waals surface area (Å²) in [5.41, 5.74) is 16.3. The zero-order valence-electron chi connectivity index (χ0n) is 37.7. The standard InChI is InChI=1S/C68H42O/c1-4-17-43(18-5-1)65-53-27-12-14-29-55(53)67(45-21-8-3-9-22-45)61-39-50(31-34-57(61)65)46-25-16-26-47(37-46)51-32-35-58-62(40-51)68(56-30-15-13-28-54(56)66(58)44-19-6-2-7-20-44)52-33-36-63-59(41-52)60-38-48-23-10-11-24-49(48)42-64(60)69-63/h1-42H. The molecule has 0 spiro atoms. The summed E-state index contributed by atoms with van der Waals surface area (Å²) >= 11 is 0. The Morgan fingerprint density at radius 3 is 1.03 bits per heavy atom. The van der Waals surface area contributed by atoms with Crippen LogP contribution in [0.4, 0.5) is 0 Å². The fourth-order valence-electron chi connectivity index (χ4n) is 11.3. The SMILES string of the molecule is c1ccc(-c2c3ccccc3c(-c3ccccc3)c3cc(-c4cccc(-c5ccc6c(-c7ccccc7)c7ccccc7c(-c7ccc8oc9cc%10ccccc%10cc9c8c7)c6c5)c4)ccc23)cc1. The molecule has 0 amide bonds. The maximum absolute atomic E-state index is 6.53. The van der Waals surface area contributed by atoms with E-state index in [0.29, 0.717) is 0 Å². The highest BCUT2D eigenvalue weighted by Gasteiger charge is 2.21. The van der Waals surface area contributed by atoms with Crippen molar-refractivity contribution >= 4 is 75.8 Å². The Kier molecular flexibility index (Phi) is 8.97. The summed E-state index contributed by atoms with van der Waals surface area (Å²) in [6, 6.07) is 93.5. The van der Waals surface area contributed by atoms with Crippen molar-refractivity contribution in [3.63, 3.8) is 0 Å². The Balaban J connectivity index is 0.981. The van der Waals surface area contributed by atoms with Crippen molar-refractivity contribution in [3.8, 4) is 66.8 Å². The molecule has 0 aliphatic heterocycles. The van der Waals surface area contributed by atoms with Crippen LogP contribution in [0.5, 0.6) is 0 Å². The molecular weight excluding hydrogens is 833 g/mol. The lowest BCUT2D eigenvalue weighted by Crippen LogP contribution is -1.92. The van der Waals surface area contributed by atoms with E-state index in [2.05, 4.69) is 255 Å². The lowest BCUT2D eigenvalue weighted by atomic mass is 9.84. The normalized spacial score (nSPS) is 11.8. The van der Waals surface area contributed by atoms with Crippen LogP contribution in [0.15, 0.2) is 259 Å². The van der Waals surface area contributed by atoms with Gasteiger partial charge in [0.2, 0.25) is 0 Å². The number of hydrogen-bond acceptors (Lipinski definition) is 1. The summed E-state index contributed by atoms with van der Waals surface area (Å²) in [6.07, 6.45) is 0. The number of hydrogen-bond donors (Lipinski definition) is 0. The minimum Gasteiger partial charge on any atom is -0.456 e. The summed E-state index contributed by atoms with van der Waals surface area (Å²) in [5.74, 6) is 0. The van der Waals surface area contributed by atoms with E-state index < -0.39 is 0 Å². The van der Waals surface area contributed by atoms with E-state index in [0.717, 1.165) is 27.5 Å². The van der Waals surface area contributed by atoms with Crippen molar-refractivity contribution in [1.82, 2.24) is 0 Å². The van der Waals surface area contributed by atoms with Crippen molar-refractivity contribution in [1.29, 1.82) is 0 Å². The largest absolute Gasteiger partial charge is 0.456 e. The van der Waals surface area contributed by atoms with E-state index in [-0.39, 0.29) is 0 Å². The predicted molar refractivity (Wildman–Crippen MR) is 294 cm³/mol. The van der Waals surface area contributed by atoms with Gasteiger partial charge in [-0.2, -0.15) is 0 Å². The van der Waals surface area contributed by atoms with Gasteiger partial charge in [0, 0.05) is 10.8 Å². The molecule has 0 fully saturated rings. The number of benzene rings is 13. The van der Waals surface area contributed by atoms with Gasteiger partial charge in [-0.05, 0) is 163 Å². The van der Waals surface area contributed by atoms with Crippen LogP contribution in [0.2, 0.25) is 0 Å². The molecule has 320 valence electrons. The minimum absolute atomic E-state index is 0.894. The van der Waals surface area contributed by atoms with E-state index >= 15 is 0 Å². The van der Waals surface area contributed by atoms with Crippen LogP contribution in [0, 0.1) is 0 Å².